The Morgan fingerprint density at radius 2 is 2.15 bits per heavy atom. The molecule has 102 valence electrons. The smallest absolute Gasteiger partial charge is 0.341 e. The van der Waals surface area contributed by atoms with E-state index >= 15 is 0 Å². The first-order valence-corrected chi connectivity index (χ1v) is 6.52. The minimum atomic E-state index is -1.42. The number of carboxylic acid groups (broad SMARTS) is 1. The summed E-state index contributed by atoms with van der Waals surface area (Å²) in [6.45, 7) is 3.75. The Kier molecular flexibility index (Phi) is 2.68. The first kappa shape index (κ1) is 12.9. The van der Waals surface area contributed by atoms with Gasteiger partial charge in [0.05, 0.1) is 15.8 Å². The van der Waals surface area contributed by atoms with E-state index in [4.69, 9.17) is 5.11 Å². The van der Waals surface area contributed by atoms with Gasteiger partial charge < -0.3 is 9.67 Å². The molecule has 1 aliphatic rings. The molecule has 1 aliphatic heterocycles. The summed E-state index contributed by atoms with van der Waals surface area (Å²) in [6.07, 6.45) is 1.11. The highest BCUT2D eigenvalue weighted by Gasteiger charge is 2.25. The average Bonchev–Trinajstić information content (AvgIpc) is 2.39. The summed E-state index contributed by atoms with van der Waals surface area (Å²) in [5.74, 6) is -3.34. The van der Waals surface area contributed by atoms with Crippen molar-refractivity contribution in [1.82, 2.24) is 4.57 Å². The number of aromatic nitrogens is 1. The molecule has 1 N–H and O–H groups in total. The topological polar surface area (TPSA) is 59.3 Å². The Morgan fingerprint density at radius 3 is 2.80 bits per heavy atom. The molecule has 20 heavy (non-hydrogen) atoms. The third-order valence-electron chi connectivity index (χ3n) is 3.09. The number of aromatic carboxylic acids is 1. The van der Waals surface area contributed by atoms with Crippen LogP contribution in [0.15, 0.2) is 28.5 Å². The van der Waals surface area contributed by atoms with E-state index in [0.717, 1.165) is 24.0 Å². The molecule has 0 spiro atoms. The monoisotopic (exact) mass is 295 g/mol. The van der Waals surface area contributed by atoms with Crippen molar-refractivity contribution in [3.05, 3.63) is 46.3 Å². The number of halogens is 2. The van der Waals surface area contributed by atoms with Crippen molar-refractivity contribution >= 4 is 34.3 Å². The highest BCUT2D eigenvalue weighted by molar-refractivity contribution is 8.00. The van der Waals surface area contributed by atoms with Crippen LogP contribution in [0.25, 0.3) is 16.6 Å². The summed E-state index contributed by atoms with van der Waals surface area (Å²) >= 11 is 1.03. The summed E-state index contributed by atoms with van der Waals surface area (Å²) in [7, 11) is 0. The zero-order valence-corrected chi connectivity index (χ0v) is 10.8. The van der Waals surface area contributed by atoms with Crippen LogP contribution >= 0.6 is 11.8 Å². The van der Waals surface area contributed by atoms with Gasteiger partial charge in [-0.1, -0.05) is 6.58 Å². The minimum Gasteiger partial charge on any atom is -0.477 e. The van der Waals surface area contributed by atoms with Gasteiger partial charge in [0.15, 0.2) is 11.6 Å². The molecular formula is C13H7F2NO3S. The molecule has 0 saturated heterocycles. The minimum absolute atomic E-state index is 0.00133. The van der Waals surface area contributed by atoms with Gasteiger partial charge in [0.25, 0.3) is 0 Å². The number of benzene rings is 1. The number of thioether (sulfide) groups is 1. The van der Waals surface area contributed by atoms with Crippen LogP contribution < -0.4 is 5.43 Å². The maximum atomic E-state index is 13.8. The Morgan fingerprint density at radius 1 is 1.45 bits per heavy atom. The number of pyridine rings is 1. The lowest BCUT2D eigenvalue weighted by Gasteiger charge is -2.22. The molecule has 1 aromatic carbocycles. The quantitative estimate of drug-likeness (QED) is 0.878. The molecule has 2 heterocycles. The van der Waals surface area contributed by atoms with Gasteiger partial charge in [-0.05, 0) is 6.07 Å². The number of carboxylic acids is 1. The first-order valence-electron chi connectivity index (χ1n) is 5.53. The molecule has 0 saturated carbocycles. The summed E-state index contributed by atoms with van der Waals surface area (Å²) in [6, 6.07) is 0.735. The van der Waals surface area contributed by atoms with Crippen molar-refractivity contribution in [3.63, 3.8) is 0 Å². The molecule has 0 atom stereocenters. The fraction of sp³-hybridized carbons (Fsp3) is 0.0769. The maximum absolute atomic E-state index is 13.8. The Balaban J connectivity index is 2.61. The summed E-state index contributed by atoms with van der Waals surface area (Å²) in [5.41, 5.74) is -0.664. The molecule has 0 bridgehead atoms. The van der Waals surface area contributed by atoms with Crippen molar-refractivity contribution in [2.24, 2.45) is 0 Å². The standard InChI is InChI=1S/C13H7F2NO3S/c1-5-4-20-12-9(15)8(14)2-6-10(12)16(5)3-7(11(6)17)13(18)19/h2-3H,1,4H2,(H,18,19). The Bertz CT molecular complexity index is 857. The number of nitrogens with zero attached hydrogens (tertiary/aromatic N) is 1. The van der Waals surface area contributed by atoms with E-state index in [0.29, 0.717) is 5.70 Å². The van der Waals surface area contributed by atoms with Gasteiger partial charge in [-0.15, -0.1) is 11.8 Å². The Hall–Kier alpha value is -2.15. The van der Waals surface area contributed by atoms with E-state index < -0.39 is 28.6 Å². The fourth-order valence-corrected chi connectivity index (χ4v) is 3.18. The maximum Gasteiger partial charge on any atom is 0.341 e. The fourth-order valence-electron chi connectivity index (χ4n) is 2.16. The Labute approximate surface area is 115 Å². The van der Waals surface area contributed by atoms with Gasteiger partial charge in [-0.25, -0.2) is 13.6 Å². The van der Waals surface area contributed by atoms with Crippen LogP contribution in [0.2, 0.25) is 0 Å². The highest BCUT2D eigenvalue weighted by Crippen LogP contribution is 2.37. The molecule has 7 heteroatoms. The molecule has 0 amide bonds. The molecular weight excluding hydrogens is 288 g/mol. The second kappa shape index (κ2) is 4.17. The van der Waals surface area contributed by atoms with E-state index in [9.17, 15) is 18.4 Å². The first-order chi connectivity index (χ1) is 9.41. The predicted molar refractivity (Wildman–Crippen MR) is 71.1 cm³/mol. The summed E-state index contributed by atoms with van der Waals surface area (Å²) in [4.78, 5) is 23.1. The van der Waals surface area contributed by atoms with E-state index in [1.807, 2.05) is 0 Å². The average molecular weight is 295 g/mol. The zero-order valence-electron chi connectivity index (χ0n) is 9.94. The molecule has 0 aliphatic carbocycles. The van der Waals surface area contributed by atoms with Crippen LogP contribution in [0.5, 0.6) is 0 Å². The van der Waals surface area contributed by atoms with Gasteiger partial charge in [0, 0.05) is 17.6 Å². The third kappa shape index (κ3) is 1.59. The van der Waals surface area contributed by atoms with Gasteiger partial charge in [0.2, 0.25) is 5.43 Å². The second-order valence-corrected chi connectivity index (χ2v) is 5.29. The number of rotatable bonds is 1. The van der Waals surface area contributed by atoms with E-state index in [1.54, 1.807) is 0 Å². The molecule has 0 radical (unpaired) electrons. The van der Waals surface area contributed by atoms with Crippen LogP contribution in [-0.2, 0) is 0 Å². The molecule has 0 unspecified atom stereocenters. The van der Waals surface area contributed by atoms with Gasteiger partial charge in [-0.3, -0.25) is 4.79 Å². The molecule has 4 nitrogen and oxygen atoms in total. The molecule has 3 rings (SSSR count). The van der Waals surface area contributed by atoms with Crippen LogP contribution in [0.1, 0.15) is 10.4 Å². The largest absolute Gasteiger partial charge is 0.477 e. The summed E-state index contributed by atoms with van der Waals surface area (Å²) in [5, 5.41) is 8.87. The lowest BCUT2D eigenvalue weighted by atomic mass is 10.1. The normalized spacial score (nSPS) is 13.8. The molecule has 1 aromatic heterocycles. The number of carbonyl (C=O) groups is 1. The van der Waals surface area contributed by atoms with Crippen LogP contribution in [0, 0.1) is 11.6 Å². The number of hydrogen-bond acceptors (Lipinski definition) is 3. The van der Waals surface area contributed by atoms with Crippen molar-refractivity contribution in [3.8, 4) is 0 Å². The van der Waals surface area contributed by atoms with Crippen molar-refractivity contribution in [2.45, 2.75) is 4.90 Å². The highest BCUT2D eigenvalue weighted by atomic mass is 32.2. The molecule has 0 fully saturated rings. The zero-order chi connectivity index (χ0) is 14.6. The molecule has 2 aromatic rings. The van der Waals surface area contributed by atoms with Gasteiger partial charge in [0.1, 0.15) is 5.56 Å². The second-order valence-electron chi connectivity index (χ2n) is 4.30. The van der Waals surface area contributed by atoms with Crippen LogP contribution in [0.3, 0.4) is 0 Å². The van der Waals surface area contributed by atoms with Gasteiger partial charge >= 0.3 is 5.97 Å². The number of hydrogen-bond donors (Lipinski definition) is 1. The van der Waals surface area contributed by atoms with E-state index in [1.165, 1.54) is 4.57 Å². The third-order valence-corrected chi connectivity index (χ3v) is 4.23. The SMILES string of the molecule is C=C1CSc2c(F)c(F)cc3c(=O)c(C(=O)O)cn1c23. The van der Waals surface area contributed by atoms with E-state index in [-0.39, 0.29) is 21.6 Å². The van der Waals surface area contributed by atoms with Crippen molar-refractivity contribution in [1.29, 1.82) is 0 Å². The lowest BCUT2D eigenvalue weighted by Crippen LogP contribution is -2.21. The van der Waals surface area contributed by atoms with Crippen LogP contribution in [0.4, 0.5) is 8.78 Å². The lowest BCUT2D eigenvalue weighted by molar-refractivity contribution is 0.0695. The van der Waals surface area contributed by atoms with Crippen molar-refractivity contribution < 1.29 is 18.7 Å². The van der Waals surface area contributed by atoms with Crippen LogP contribution in [-0.4, -0.2) is 21.4 Å². The van der Waals surface area contributed by atoms with Crippen molar-refractivity contribution in [2.75, 3.05) is 5.75 Å². The van der Waals surface area contributed by atoms with Gasteiger partial charge in [-0.2, -0.15) is 0 Å². The summed E-state index contributed by atoms with van der Waals surface area (Å²) < 4.78 is 28.7. The van der Waals surface area contributed by atoms with E-state index in [2.05, 4.69) is 6.58 Å². The predicted octanol–water partition coefficient (Wildman–Crippen LogP) is 2.55.